The molecule has 2 N–H and O–H groups in total. The minimum Gasteiger partial charge on any atom is -0.350 e. The van der Waals surface area contributed by atoms with Gasteiger partial charge in [-0.25, -0.2) is 14.8 Å². The highest BCUT2D eigenvalue weighted by molar-refractivity contribution is 6.09. The number of nitrogens with one attached hydrogen (secondary N) is 2. The zero-order valence-corrected chi connectivity index (χ0v) is 14.9. The van der Waals surface area contributed by atoms with Crippen LogP contribution in [0.4, 0.5) is 4.79 Å². The first-order chi connectivity index (χ1) is 13.0. The van der Waals surface area contributed by atoms with Gasteiger partial charge in [0.05, 0.1) is 0 Å². The van der Waals surface area contributed by atoms with Crippen LogP contribution in [-0.2, 0) is 16.1 Å². The molecule has 1 aliphatic carbocycles. The van der Waals surface area contributed by atoms with Crippen LogP contribution in [0.1, 0.15) is 25.3 Å². The Morgan fingerprint density at radius 1 is 1.37 bits per heavy atom. The van der Waals surface area contributed by atoms with Gasteiger partial charge in [0.25, 0.3) is 5.91 Å². The van der Waals surface area contributed by atoms with Crippen LogP contribution in [0.3, 0.4) is 0 Å². The molecule has 1 aliphatic heterocycles. The Morgan fingerprint density at radius 3 is 2.89 bits per heavy atom. The number of amides is 4. The molecule has 3 heterocycles. The second kappa shape index (κ2) is 6.49. The Labute approximate surface area is 155 Å². The Hall–Kier alpha value is -3.23. The molecular weight excluding hydrogens is 348 g/mol. The number of aromatic nitrogens is 3. The van der Waals surface area contributed by atoms with Gasteiger partial charge >= 0.3 is 6.03 Å². The van der Waals surface area contributed by atoms with E-state index in [1.54, 1.807) is 42.5 Å². The van der Waals surface area contributed by atoms with E-state index >= 15 is 0 Å². The molecule has 0 spiro atoms. The zero-order valence-electron chi connectivity index (χ0n) is 14.9. The van der Waals surface area contributed by atoms with Crippen LogP contribution < -0.4 is 10.6 Å². The van der Waals surface area contributed by atoms with E-state index in [0.717, 1.165) is 23.3 Å². The second-order valence-corrected chi connectivity index (χ2v) is 7.03. The highest BCUT2D eigenvalue weighted by Gasteiger charge is 2.56. The Kier molecular flexibility index (Phi) is 4.14. The number of nitrogens with zero attached hydrogens (tertiary/aromatic N) is 4. The van der Waals surface area contributed by atoms with Crippen LogP contribution in [-0.4, -0.2) is 49.4 Å². The fourth-order valence-electron chi connectivity index (χ4n) is 3.38. The van der Waals surface area contributed by atoms with Crippen molar-refractivity contribution in [2.45, 2.75) is 31.8 Å². The van der Waals surface area contributed by atoms with Crippen molar-refractivity contribution < 1.29 is 14.4 Å². The van der Waals surface area contributed by atoms with Gasteiger partial charge in [0.15, 0.2) is 0 Å². The molecular formula is C18H20N6O3. The largest absolute Gasteiger partial charge is 0.350 e. The summed E-state index contributed by atoms with van der Waals surface area (Å²) in [7, 11) is 0. The van der Waals surface area contributed by atoms with Crippen molar-refractivity contribution in [2.75, 3.05) is 6.54 Å². The Balaban J connectivity index is 1.40. The summed E-state index contributed by atoms with van der Waals surface area (Å²) in [5.41, 5.74) is -0.0844. The van der Waals surface area contributed by atoms with Gasteiger partial charge in [0.1, 0.15) is 24.2 Å². The van der Waals surface area contributed by atoms with Gasteiger partial charge in [-0.2, -0.15) is 0 Å². The third-order valence-corrected chi connectivity index (χ3v) is 5.09. The van der Waals surface area contributed by atoms with Crippen LogP contribution in [0, 0.1) is 5.92 Å². The maximum atomic E-state index is 12.6. The van der Waals surface area contributed by atoms with E-state index in [1.165, 1.54) is 0 Å². The fraction of sp³-hybridized carbons (Fsp3) is 0.389. The van der Waals surface area contributed by atoms with Gasteiger partial charge in [0.2, 0.25) is 5.91 Å². The number of carbonyl (C=O) groups is 3. The SMILES string of the molecule is CC1(C2CC2)NC(=O)N(CC(=O)NCc2cccnc2-n2ccnc2)C1=O. The monoisotopic (exact) mass is 368 g/mol. The molecule has 0 aromatic carbocycles. The average molecular weight is 368 g/mol. The van der Waals surface area contributed by atoms with Crippen LogP contribution >= 0.6 is 0 Å². The summed E-state index contributed by atoms with van der Waals surface area (Å²) in [5.74, 6) is 0.0892. The Bertz CT molecular complexity index is 892. The van der Waals surface area contributed by atoms with Crippen molar-refractivity contribution in [3.63, 3.8) is 0 Å². The van der Waals surface area contributed by atoms with Gasteiger partial charge in [0, 0.05) is 30.7 Å². The summed E-state index contributed by atoms with van der Waals surface area (Å²) in [6.45, 7) is 1.66. The van der Waals surface area contributed by atoms with Crippen LogP contribution in [0.2, 0.25) is 0 Å². The summed E-state index contributed by atoms with van der Waals surface area (Å²) in [6, 6.07) is 3.12. The molecule has 4 rings (SSSR count). The highest BCUT2D eigenvalue weighted by atomic mass is 16.2. The summed E-state index contributed by atoms with van der Waals surface area (Å²) in [6.07, 6.45) is 8.53. The number of rotatable bonds is 6. The summed E-state index contributed by atoms with van der Waals surface area (Å²) in [4.78, 5) is 46.4. The summed E-state index contributed by atoms with van der Waals surface area (Å²) < 4.78 is 1.75. The van der Waals surface area contributed by atoms with E-state index in [4.69, 9.17) is 0 Å². The number of hydrogen-bond donors (Lipinski definition) is 2. The molecule has 1 saturated carbocycles. The van der Waals surface area contributed by atoms with Crippen molar-refractivity contribution in [2.24, 2.45) is 5.92 Å². The molecule has 2 aliphatic rings. The van der Waals surface area contributed by atoms with Crippen molar-refractivity contribution in [1.29, 1.82) is 0 Å². The molecule has 2 aromatic rings. The normalized spacial score (nSPS) is 22.0. The minimum absolute atomic E-state index is 0.162. The lowest BCUT2D eigenvalue weighted by Gasteiger charge is -2.20. The van der Waals surface area contributed by atoms with Crippen LogP contribution in [0.5, 0.6) is 0 Å². The third kappa shape index (κ3) is 3.16. The number of carbonyl (C=O) groups excluding carboxylic acids is 3. The molecule has 1 saturated heterocycles. The van der Waals surface area contributed by atoms with E-state index in [2.05, 4.69) is 20.6 Å². The van der Waals surface area contributed by atoms with Gasteiger partial charge < -0.3 is 10.6 Å². The average Bonchev–Trinajstić information content (AvgIpc) is 3.34. The highest BCUT2D eigenvalue weighted by Crippen LogP contribution is 2.42. The van der Waals surface area contributed by atoms with Crippen molar-refractivity contribution in [3.8, 4) is 5.82 Å². The number of imidazole rings is 1. The smallest absolute Gasteiger partial charge is 0.325 e. The molecule has 2 fully saturated rings. The first kappa shape index (κ1) is 17.2. The van der Waals surface area contributed by atoms with Gasteiger partial charge in [-0.3, -0.25) is 19.1 Å². The topological polar surface area (TPSA) is 109 Å². The molecule has 4 amide bonds. The minimum atomic E-state index is -0.880. The first-order valence-electron chi connectivity index (χ1n) is 8.82. The summed E-state index contributed by atoms with van der Waals surface area (Å²) >= 11 is 0. The molecule has 1 unspecified atom stereocenters. The third-order valence-electron chi connectivity index (χ3n) is 5.09. The molecule has 140 valence electrons. The van der Waals surface area contributed by atoms with Gasteiger partial charge in [-0.15, -0.1) is 0 Å². The zero-order chi connectivity index (χ0) is 19.0. The van der Waals surface area contributed by atoms with Gasteiger partial charge in [-0.05, 0) is 31.7 Å². The first-order valence-corrected chi connectivity index (χ1v) is 8.82. The quantitative estimate of drug-likeness (QED) is 0.726. The van der Waals surface area contributed by atoms with Crippen LogP contribution in [0.15, 0.2) is 37.1 Å². The molecule has 2 aromatic heterocycles. The van der Waals surface area contributed by atoms with Crippen molar-refractivity contribution >= 4 is 17.8 Å². The standard InChI is InChI=1S/C18H20N6O3/c1-18(13-4-5-13)16(26)24(17(27)22-18)10-14(25)21-9-12-3-2-6-20-15(12)23-8-7-19-11-23/h2-3,6-8,11,13H,4-5,9-10H2,1H3,(H,21,25)(H,22,27). The number of hydrogen-bond acceptors (Lipinski definition) is 5. The molecule has 27 heavy (non-hydrogen) atoms. The summed E-state index contributed by atoms with van der Waals surface area (Å²) in [5, 5.41) is 5.49. The van der Waals surface area contributed by atoms with Gasteiger partial charge in [-0.1, -0.05) is 6.07 Å². The number of urea groups is 1. The lowest BCUT2D eigenvalue weighted by atomic mass is 9.96. The Morgan fingerprint density at radius 2 is 2.19 bits per heavy atom. The maximum absolute atomic E-state index is 12.6. The predicted molar refractivity (Wildman–Crippen MR) is 94.6 cm³/mol. The molecule has 9 nitrogen and oxygen atoms in total. The lowest BCUT2D eigenvalue weighted by molar-refractivity contribution is -0.135. The van der Waals surface area contributed by atoms with E-state index in [9.17, 15) is 14.4 Å². The second-order valence-electron chi connectivity index (χ2n) is 7.03. The molecule has 9 heteroatoms. The number of pyridine rings is 1. The predicted octanol–water partition coefficient (Wildman–Crippen LogP) is 0.604. The van der Waals surface area contributed by atoms with E-state index < -0.39 is 17.5 Å². The lowest BCUT2D eigenvalue weighted by Crippen LogP contribution is -2.47. The number of imide groups is 1. The van der Waals surface area contributed by atoms with E-state index in [-0.39, 0.29) is 24.9 Å². The van der Waals surface area contributed by atoms with Crippen molar-refractivity contribution in [3.05, 3.63) is 42.6 Å². The molecule has 1 atom stereocenters. The fourth-order valence-corrected chi connectivity index (χ4v) is 3.38. The molecule has 0 bridgehead atoms. The van der Waals surface area contributed by atoms with Crippen LogP contribution in [0.25, 0.3) is 5.82 Å². The molecule has 0 radical (unpaired) electrons. The maximum Gasteiger partial charge on any atom is 0.325 e. The van der Waals surface area contributed by atoms with E-state index in [0.29, 0.717) is 5.82 Å². The van der Waals surface area contributed by atoms with E-state index in [1.807, 2.05) is 6.07 Å². The van der Waals surface area contributed by atoms with Crippen molar-refractivity contribution in [1.82, 2.24) is 30.1 Å².